The van der Waals surface area contributed by atoms with E-state index < -0.39 is 29.8 Å². The lowest BCUT2D eigenvalue weighted by Crippen LogP contribution is -2.35. The molecule has 7 heteroatoms. The van der Waals surface area contributed by atoms with Crippen LogP contribution in [0.5, 0.6) is 0 Å². The van der Waals surface area contributed by atoms with Crippen molar-refractivity contribution in [3.63, 3.8) is 0 Å². The summed E-state index contributed by atoms with van der Waals surface area (Å²) in [5.41, 5.74) is 5.93. The van der Waals surface area contributed by atoms with E-state index in [0.29, 0.717) is 5.56 Å². The smallest absolute Gasteiger partial charge is 0.320 e. The van der Waals surface area contributed by atoms with Gasteiger partial charge in [-0.15, -0.1) is 0 Å². The Morgan fingerprint density at radius 2 is 1.68 bits per heavy atom. The first-order valence-electron chi connectivity index (χ1n) is 7.85. The van der Waals surface area contributed by atoms with Crippen LogP contribution in [0.1, 0.15) is 24.3 Å². The minimum atomic E-state index is -1.17. The van der Waals surface area contributed by atoms with Crippen LogP contribution in [0.3, 0.4) is 0 Å². The predicted octanol–water partition coefficient (Wildman–Crippen LogP) is 1.32. The molecule has 2 aromatic rings. The number of hydrogen-bond acceptors (Lipinski definition) is 4. The van der Waals surface area contributed by atoms with Gasteiger partial charge in [-0.3, -0.25) is 14.4 Å². The molecule has 0 aliphatic rings. The number of benzene rings is 2. The molecule has 0 radical (unpaired) electrons. The molecule has 25 heavy (non-hydrogen) atoms. The van der Waals surface area contributed by atoms with E-state index in [1.165, 1.54) is 0 Å². The standard InChI is InChI=1S/C18H20N2O5/c19-15(18(24)25)7-8-16(21)20-10-14(17(22)23)13-6-5-11-3-1-2-4-12(11)9-13/h1-6,9,14-15H,7-8,10,19H2,(H,20,21)(H,22,23)(H,24,25)/t14-,15-/m0/s1. The lowest BCUT2D eigenvalue weighted by molar-refractivity contribution is -0.139. The first kappa shape index (κ1) is 18.4. The maximum absolute atomic E-state index is 11.8. The van der Waals surface area contributed by atoms with Gasteiger partial charge in [0.05, 0.1) is 5.92 Å². The summed E-state index contributed by atoms with van der Waals surface area (Å²) < 4.78 is 0. The van der Waals surface area contributed by atoms with Crippen LogP contribution in [0.2, 0.25) is 0 Å². The van der Waals surface area contributed by atoms with E-state index in [1.54, 1.807) is 12.1 Å². The van der Waals surface area contributed by atoms with Crippen molar-refractivity contribution in [2.24, 2.45) is 5.73 Å². The van der Waals surface area contributed by atoms with Crippen molar-refractivity contribution in [1.29, 1.82) is 0 Å². The Morgan fingerprint density at radius 1 is 1.00 bits per heavy atom. The normalized spacial score (nSPS) is 13.2. The lowest BCUT2D eigenvalue weighted by Gasteiger charge is -2.15. The number of carbonyl (C=O) groups excluding carboxylic acids is 1. The van der Waals surface area contributed by atoms with E-state index in [2.05, 4.69) is 5.32 Å². The summed E-state index contributed by atoms with van der Waals surface area (Å²) in [5, 5.41) is 22.6. The third kappa shape index (κ3) is 5.02. The molecule has 2 aromatic carbocycles. The van der Waals surface area contributed by atoms with Crippen LogP contribution in [0.25, 0.3) is 10.8 Å². The molecule has 0 aliphatic carbocycles. The van der Waals surface area contributed by atoms with Crippen molar-refractivity contribution < 1.29 is 24.6 Å². The highest BCUT2D eigenvalue weighted by Crippen LogP contribution is 2.22. The quantitative estimate of drug-likeness (QED) is 0.571. The number of fused-ring (bicyclic) bond motifs is 1. The number of hydrogen-bond donors (Lipinski definition) is 4. The first-order chi connectivity index (χ1) is 11.9. The fourth-order valence-corrected chi connectivity index (χ4v) is 2.49. The number of carboxylic acid groups (broad SMARTS) is 2. The van der Waals surface area contributed by atoms with Crippen LogP contribution in [0.4, 0.5) is 0 Å². The van der Waals surface area contributed by atoms with Gasteiger partial charge in [-0.2, -0.15) is 0 Å². The Hall–Kier alpha value is -2.93. The van der Waals surface area contributed by atoms with Gasteiger partial charge in [0, 0.05) is 13.0 Å². The number of rotatable bonds is 8. The number of carbonyl (C=O) groups is 3. The zero-order chi connectivity index (χ0) is 18.4. The molecule has 2 atom stereocenters. The maximum atomic E-state index is 11.8. The summed E-state index contributed by atoms with van der Waals surface area (Å²) in [6.07, 6.45) is -0.0770. The van der Waals surface area contributed by atoms with Gasteiger partial charge in [-0.1, -0.05) is 42.5 Å². The molecule has 2 rings (SSSR count). The van der Waals surface area contributed by atoms with E-state index >= 15 is 0 Å². The minimum absolute atomic E-state index is 0.00508. The van der Waals surface area contributed by atoms with Gasteiger partial charge in [-0.05, 0) is 22.8 Å². The summed E-state index contributed by atoms with van der Waals surface area (Å²) in [6, 6.07) is 11.9. The Labute approximate surface area is 144 Å². The number of carboxylic acids is 2. The second-order valence-corrected chi connectivity index (χ2v) is 5.78. The van der Waals surface area contributed by atoms with Gasteiger partial charge in [0.15, 0.2) is 0 Å². The molecule has 0 spiro atoms. The summed E-state index contributed by atoms with van der Waals surface area (Å²) in [4.78, 5) is 34.0. The van der Waals surface area contributed by atoms with Crippen molar-refractivity contribution in [2.75, 3.05) is 6.54 Å². The molecule has 0 heterocycles. The lowest BCUT2D eigenvalue weighted by atomic mass is 9.96. The average Bonchev–Trinajstić information content (AvgIpc) is 2.59. The first-order valence-corrected chi connectivity index (χ1v) is 7.85. The van der Waals surface area contributed by atoms with Gasteiger partial charge in [0.1, 0.15) is 6.04 Å². The van der Waals surface area contributed by atoms with E-state index in [9.17, 15) is 19.5 Å². The van der Waals surface area contributed by atoms with Crippen molar-refractivity contribution in [2.45, 2.75) is 24.8 Å². The van der Waals surface area contributed by atoms with Gasteiger partial charge < -0.3 is 21.3 Å². The van der Waals surface area contributed by atoms with E-state index in [1.807, 2.05) is 30.3 Å². The summed E-state index contributed by atoms with van der Waals surface area (Å²) in [5.74, 6) is -3.53. The molecular formula is C18H20N2O5. The predicted molar refractivity (Wildman–Crippen MR) is 92.2 cm³/mol. The topological polar surface area (TPSA) is 130 Å². The average molecular weight is 344 g/mol. The molecule has 0 saturated carbocycles. The SMILES string of the molecule is N[C@@H](CCC(=O)NC[C@H](C(=O)O)c1ccc2ccccc2c1)C(=O)O. The van der Waals surface area contributed by atoms with Crippen molar-refractivity contribution in [1.82, 2.24) is 5.32 Å². The molecule has 0 aliphatic heterocycles. The van der Waals surface area contributed by atoms with Crippen LogP contribution < -0.4 is 11.1 Å². The van der Waals surface area contributed by atoms with Gasteiger partial charge >= 0.3 is 11.9 Å². The van der Waals surface area contributed by atoms with Crippen LogP contribution >= 0.6 is 0 Å². The van der Waals surface area contributed by atoms with Gasteiger partial charge in [0.2, 0.25) is 5.91 Å². The fraction of sp³-hybridized carbons (Fsp3) is 0.278. The van der Waals surface area contributed by atoms with Crippen LogP contribution in [-0.4, -0.2) is 40.6 Å². The molecule has 7 nitrogen and oxygen atoms in total. The van der Waals surface area contributed by atoms with Crippen LogP contribution in [-0.2, 0) is 14.4 Å². The third-order valence-electron chi connectivity index (χ3n) is 3.98. The van der Waals surface area contributed by atoms with Crippen LogP contribution in [0.15, 0.2) is 42.5 Å². The summed E-state index contributed by atoms with van der Waals surface area (Å²) >= 11 is 0. The minimum Gasteiger partial charge on any atom is -0.481 e. The maximum Gasteiger partial charge on any atom is 0.320 e. The Morgan fingerprint density at radius 3 is 2.32 bits per heavy atom. The zero-order valence-corrected chi connectivity index (χ0v) is 13.5. The monoisotopic (exact) mass is 344 g/mol. The van der Waals surface area contributed by atoms with Gasteiger partial charge in [0.25, 0.3) is 0 Å². The van der Waals surface area contributed by atoms with Crippen molar-refractivity contribution in [3.8, 4) is 0 Å². The number of nitrogens with two attached hydrogens (primary N) is 1. The third-order valence-corrected chi connectivity index (χ3v) is 3.98. The Balaban J connectivity index is 2.01. The fourth-order valence-electron chi connectivity index (χ4n) is 2.49. The number of nitrogens with one attached hydrogen (secondary N) is 1. The highest BCUT2D eigenvalue weighted by Gasteiger charge is 2.21. The van der Waals surface area contributed by atoms with E-state index in [4.69, 9.17) is 10.8 Å². The van der Waals surface area contributed by atoms with Crippen molar-refractivity contribution >= 4 is 28.6 Å². The zero-order valence-electron chi connectivity index (χ0n) is 13.5. The summed E-state index contributed by atoms with van der Waals surface area (Å²) in [7, 11) is 0. The number of aliphatic carboxylic acids is 2. The Kier molecular flexibility index (Phi) is 6.08. The highest BCUT2D eigenvalue weighted by molar-refractivity contribution is 5.86. The van der Waals surface area contributed by atoms with Crippen molar-refractivity contribution in [3.05, 3.63) is 48.0 Å². The van der Waals surface area contributed by atoms with E-state index in [0.717, 1.165) is 10.8 Å². The Bertz CT molecular complexity index is 790. The van der Waals surface area contributed by atoms with Crippen LogP contribution in [0, 0.1) is 0 Å². The highest BCUT2D eigenvalue weighted by atomic mass is 16.4. The molecule has 0 bridgehead atoms. The summed E-state index contributed by atoms with van der Waals surface area (Å²) in [6.45, 7) is -0.0746. The molecule has 0 unspecified atom stereocenters. The molecule has 0 fully saturated rings. The van der Waals surface area contributed by atoms with Gasteiger partial charge in [-0.25, -0.2) is 0 Å². The second kappa shape index (κ2) is 8.25. The number of amides is 1. The molecule has 132 valence electrons. The molecule has 0 aromatic heterocycles. The van der Waals surface area contributed by atoms with E-state index in [-0.39, 0.29) is 19.4 Å². The molecule has 0 saturated heterocycles. The molecule has 5 N–H and O–H groups in total. The molecular weight excluding hydrogens is 324 g/mol. The largest absolute Gasteiger partial charge is 0.481 e. The second-order valence-electron chi connectivity index (χ2n) is 5.78. The molecule has 1 amide bonds.